The molecule has 212 valence electrons. The van der Waals surface area contributed by atoms with Gasteiger partial charge >= 0.3 is 0 Å². The molecule has 2 saturated heterocycles. The highest BCUT2D eigenvalue weighted by Gasteiger charge is 2.51. The number of ether oxygens (including phenoxy) is 5. The predicted octanol–water partition coefficient (Wildman–Crippen LogP) is 4.70. The van der Waals surface area contributed by atoms with Crippen LogP contribution in [0.3, 0.4) is 0 Å². The van der Waals surface area contributed by atoms with E-state index in [1.807, 2.05) is 0 Å². The third-order valence-corrected chi connectivity index (χ3v) is 9.18. The summed E-state index contributed by atoms with van der Waals surface area (Å²) in [6.07, 6.45) is 5.31. The fourth-order valence-electron chi connectivity index (χ4n) is 6.64. The first kappa shape index (κ1) is 30.3. The van der Waals surface area contributed by atoms with Crippen molar-refractivity contribution < 1.29 is 28.8 Å². The highest BCUT2D eigenvalue weighted by atomic mass is 16.7. The minimum atomic E-state index is -0.664. The van der Waals surface area contributed by atoms with Gasteiger partial charge in [0.1, 0.15) is 19.0 Å². The summed E-state index contributed by atoms with van der Waals surface area (Å²) in [4.78, 5) is 2.22. The predicted molar refractivity (Wildman–Crippen MR) is 142 cm³/mol. The zero-order chi connectivity index (χ0) is 26.5. The fraction of sp³-hybridized carbons (Fsp3) is 1.00. The molecule has 1 N–H and O–H groups in total. The molecule has 1 aliphatic carbocycles. The average molecular weight is 514 g/mol. The van der Waals surface area contributed by atoms with Gasteiger partial charge < -0.3 is 33.7 Å². The molecule has 3 rings (SSSR count). The average Bonchev–Trinajstić information content (AvgIpc) is 3.37. The Hall–Kier alpha value is -0.280. The summed E-state index contributed by atoms with van der Waals surface area (Å²) >= 11 is 0. The Morgan fingerprint density at radius 3 is 2.50 bits per heavy atom. The number of hydrogen-bond acceptors (Lipinski definition) is 7. The number of nitrogens with zero attached hydrogens (tertiary/aromatic N) is 1. The van der Waals surface area contributed by atoms with Crippen LogP contribution in [0.5, 0.6) is 0 Å². The van der Waals surface area contributed by atoms with Gasteiger partial charge in [0.2, 0.25) is 0 Å². The molecule has 0 amide bonds. The molecule has 0 aromatic heterocycles. The zero-order valence-electron chi connectivity index (χ0n) is 24.3. The molecule has 0 spiro atoms. The molecule has 0 aromatic rings. The Morgan fingerprint density at radius 1 is 1.11 bits per heavy atom. The highest BCUT2D eigenvalue weighted by molar-refractivity contribution is 4.96. The first-order chi connectivity index (χ1) is 17.1. The molecule has 3 aliphatic rings. The van der Waals surface area contributed by atoms with Crippen LogP contribution in [0, 0.1) is 29.6 Å². The van der Waals surface area contributed by atoms with E-state index < -0.39 is 5.79 Å². The van der Waals surface area contributed by atoms with Crippen LogP contribution in [0.25, 0.3) is 0 Å². The number of hydrogen-bond donors (Lipinski definition) is 1. The monoisotopic (exact) mass is 513 g/mol. The summed E-state index contributed by atoms with van der Waals surface area (Å²) in [5.74, 6) is 0.953. The van der Waals surface area contributed by atoms with Crippen LogP contribution in [0.15, 0.2) is 0 Å². The Balaban J connectivity index is 1.66. The van der Waals surface area contributed by atoms with Crippen LogP contribution in [0.2, 0.25) is 0 Å². The summed E-state index contributed by atoms with van der Waals surface area (Å²) in [5.41, 5.74) is 0. The number of unbranched alkanes of at least 4 members (excludes halogenated alkanes) is 2. The van der Waals surface area contributed by atoms with E-state index in [2.05, 4.69) is 60.5 Å². The molecule has 1 saturated carbocycles. The number of rotatable bonds is 12. The third-order valence-electron chi connectivity index (χ3n) is 9.18. The van der Waals surface area contributed by atoms with Crippen LogP contribution in [-0.4, -0.2) is 87.0 Å². The van der Waals surface area contributed by atoms with Gasteiger partial charge in [-0.15, -0.1) is 0 Å². The SMILES string of the molecule is CC[C@H](C)C1C[C@H](O[C@H]2C([C@H]3COCO3)O[C@](C)(OCCCCCN(C)C)C[C@H]2C)C(C)[C@@H](O)[C@@H]1C. The van der Waals surface area contributed by atoms with Gasteiger partial charge in [0, 0.05) is 12.3 Å². The van der Waals surface area contributed by atoms with Crippen LogP contribution >= 0.6 is 0 Å². The van der Waals surface area contributed by atoms with Gasteiger partial charge in [0.25, 0.3) is 0 Å². The topological polar surface area (TPSA) is 69.6 Å². The molecule has 0 radical (unpaired) electrons. The Labute approximate surface area is 220 Å². The smallest absolute Gasteiger partial charge is 0.166 e. The normalized spacial score (nSPS) is 42.7. The maximum absolute atomic E-state index is 11.1. The van der Waals surface area contributed by atoms with Gasteiger partial charge in [-0.2, -0.15) is 0 Å². The van der Waals surface area contributed by atoms with Gasteiger partial charge in [-0.25, -0.2) is 0 Å². The van der Waals surface area contributed by atoms with E-state index in [0.717, 1.165) is 38.6 Å². The molecule has 3 unspecified atom stereocenters. The summed E-state index contributed by atoms with van der Waals surface area (Å²) in [7, 11) is 4.23. The standard InChI is InChI=1S/C29H55NO6/c1-9-19(2)23-15-24(22(5)26(31)21(23)4)35-27-20(3)16-29(6,34-14-12-10-11-13-30(7)8)36-28(27)25-17-32-18-33-25/h19-28,31H,9-18H2,1-8H3/t19-,20+,21+,22?,23?,24-,25+,26-,27+,28?,29-/m0/s1. The molecule has 2 aliphatic heterocycles. The van der Waals surface area contributed by atoms with Gasteiger partial charge in [0.05, 0.1) is 31.5 Å². The Bertz CT molecular complexity index is 643. The van der Waals surface area contributed by atoms with E-state index in [1.165, 1.54) is 6.42 Å². The zero-order valence-corrected chi connectivity index (χ0v) is 24.3. The lowest BCUT2D eigenvalue weighted by atomic mass is 9.67. The highest BCUT2D eigenvalue weighted by Crippen LogP contribution is 2.44. The lowest BCUT2D eigenvalue weighted by molar-refractivity contribution is -0.327. The molecular weight excluding hydrogens is 458 g/mol. The second kappa shape index (κ2) is 13.7. The molecule has 0 aromatic carbocycles. The molecule has 11 atom stereocenters. The lowest BCUT2D eigenvalue weighted by Gasteiger charge is -2.50. The van der Waals surface area contributed by atoms with Crippen molar-refractivity contribution in [3.05, 3.63) is 0 Å². The Kier molecular flexibility index (Phi) is 11.5. The number of aliphatic hydroxyl groups excluding tert-OH is 1. The Morgan fingerprint density at radius 2 is 1.86 bits per heavy atom. The van der Waals surface area contributed by atoms with Gasteiger partial charge in [0.15, 0.2) is 5.79 Å². The van der Waals surface area contributed by atoms with Gasteiger partial charge in [-0.3, -0.25) is 0 Å². The molecule has 3 fully saturated rings. The van der Waals surface area contributed by atoms with Crippen LogP contribution in [0.1, 0.15) is 80.1 Å². The van der Waals surface area contributed by atoms with Crippen molar-refractivity contribution in [3.8, 4) is 0 Å². The lowest BCUT2D eigenvalue weighted by Crippen LogP contribution is -2.59. The quantitative estimate of drug-likeness (QED) is 0.379. The molecule has 2 heterocycles. The third kappa shape index (κ3) is 7.64. The van der Waals surface area contributed by atoms with E-state index in [-0.39, 0.29) is 48.3 Å². The van der Waals surface area contributed by atoms with E-state index in [0.29, 0.717) is 31.8 Å². The summed E-state index contributed by atoms with van der Waals surface area (Å²) in [5, 5.41) is 11.1. The van der Waals surface area contributed by atoms with Crippen molar-refractivity contribution in [1.29, 1.82) is 0 Å². The van der Waals surface area contributed by atoms with Crippen LogP contribution < -0.4 is 0 Å². The molecule has 7 heteroatoms. The van der Waals surface area contributed by atoms with Crippen molar-refractivity contribution in [3.63, 3.8) is 0 Å². The van der Waals surface area contributed by atoms with Gasteiger partial charge in [-0.05, 0) is 76.9 Å². The summed E-state index contributed by atoms with van der Waals surface area (Å²) in [6, 6.07) is 0. The maximum atomic E-state index is 11.1. The molecule has 7 nitrogen and oxygen atoms in total. The number of aliphatic hydroxyl groups is 1. The first-order valence-corrected chi connectivity index (χ1v) is 14.6. The summed E-state index contributed by atoms with van der Waals surface area (Å²) < 4.78 is 31.5. The maximum Gasteiger partial charge on any atom is 0.166 e. The minimum absolute atomic E-state index is 0.00181. The van der Waals surface area contributed by atoms with E-state index in [9.17, 15) is 5.11 Å². The van der Waals surface area contributed by atoms with Crippen molar-refractivity contribution >= 4 is 0 Å². The van der Waals surface area contributed by atoms with E-state index in [1.54, 1.807) is 0 Å². The van der Waals surface area contributed by atoms with Crippen LogP contribution in [-0.2, 0) is 23.7 Å². The van der Waals surface area contributed by atoms with E-state index >= 15 is 0 Å². The van der Waals surface area contributed by atoms with Crippen molar-refractivity contribution in [2.24, 2.45) is 29.6 Å². The summed E-state index contributed by atoms with van der Waals surface area (Å²) in [6.45, 7) is 15.8. The largest absolute Gasteiger partial charge is 0.392 e. The molecular formula is C29H55NO6. The van der Waals surface area contributed by atoms with Crippen molar-refractivity contribution in [2.45, 2.75) is 116 Å². The van der Waals surface area contributed by atoms with E-state index in [4.69, 9.17) is 23.7 Å². The van der Waals surface area contributed by atoms with Crippen molar-refractivity contribution in [2.75, 3.05) is 40.6 Å². The molecule has 36 heavy (non-hydrogen) atoms. The van der Waals surface area contributed by atoms with Crippen LogP contribution in [0.4, 0.5) is 0 Å². The van der Waals surface area contributed by atoms with Gasteiger partial charge in [-0.1, -0.05) is 41.0 Å². The minimum Gasteiger partial charge on any atom is -0.392 e. The fourth-order valence-corrected chi connectivity index (χ4v) is 6.64. The molecule has 0 bridgehead atoms. The first-order valence-electron chi connectivity index (χ1n) is 14.6. The second-order valence-electron chi connectivity index (χ2n) is 12.4. The second-order valence-corrected chi connectivity index (χ2v) is 12.4. The van der Waals surface area contributed by atoms with Crippen molar-refractivity contribution in [1.82, 2.24) is 4.90 Å².